The number of benzene rings is 2. The first-order valence-electron chi connectivity index (χ1n) is 8.65. The van der Waals surface area contributed by atoms with Crippen molar-refractivity contribution in [2.24, 2.45) is 0 Å². The Morgan fingerprint density at radius 2 is 1.44 bits per heavy atom. The van der Waals surface area contributed by atoms with E-state index in [1.165, 1.54) is 24.3 Å². The van der Waals surface area contributed by atoms with Crippen LogP contribution in [-0.2, 0) is 4.79 Å². The van der Waals surface area contributed by atoms with E-state index in [-0.39, 0.29) is 11.7 Å². The minimum absolute atomic E-state index is 0.223. The Labute approximate surface area is 149 Å². The zero-order chi connectivity index (χ0) is 18.6. The van der Waals surface area contributed by atoms with Gasteiger partial charge < -0.3 is 10.1 Å². The quantitative estimate of drug-likeness (QED) is 0.754. The standard InChI is InChI=1S/C21H26FNO2/c1-13(2)18-7-6-8-19(14(3)4)20(18)23-21(24)15(5)25-17-11-9-16(22)10-12-17/h6-15H,1-5H3,(H,23,24). The first-order valence-corrected chi connectivity index (χ1v) is 8.65. The number of rotatable bonds is 6. The third-order valence-corrected chi connectivity index (χ3v) is 4.12. The number of amides is 1. The zero-order valence-electron chi connectivity index (χ0n) is 15.5. The van der Waals surface area contributed by atoms with E-state index in [0.29, 0.717) is 17.6 Å². The largest absolute Gasteiger partial charge is 0.481 e. The molecule has 0 saturated carbocycles. The van der Waals surface area contributed by atoms with Crippen LogP contribution in [0.15, 0.2) is 42.5 Å². The van der Waals surface area contributed by atoms with E-state index >= 15 is 0 Å². The number of anilines is 1. The fraction of sp³-hybridized carbons (Fsp3) is 0.381. The van der Waals surface area contributed by atoms with Crippen molar-refractivity contribution >= 4 is 11.6 Å². The minimum Gasteiger partial charge on any atom is -0.481 e. The average molecular weight is 343 g/mol. The molecule has 1 amide bonds. The van der Waals surface area contributed by atoms with E-state index in [0.717, 1.165) is 16.8 Å². The molecule has 0 saturated heterocycles. The molecule has 0 aliphatic rings. The van der Waals surface area contributed by atoms with Gasteiger partial charge in [0.2, 0.25) is 0 Å². The number of ether oxygens (including phenoxy) is 1. The van der Waals surface area contributed by atoms with Gasteiger partial charge in [-0.2, -0.15) is 0 Å². The van der Waals surface area contributed by atoms with Gasteiger partial charge in [0, 0.05) is 5.69 Å². The van der Waals surface area contributed by atoms with Crippen LogP contribution in [0.1, 0.15) is 57.6 Å². The molecule has 1 atom stereocenters. The van der Waals surface area contributed by atoms with Crippen LogP contribution in [0.25, 0.3) is 0 Å². The normalized spacial score (nSPS) is 12.3. The van der Waals surface area contributed by atoms with Crippen molar-refractivity contribution in [1.29, 1.82) is 0 Å². The van der Waals surface area contributed by atoms with Crippen LogP contribution >= 0.6 is 0 Å². The van der Waals surface area contributed by atoms with Gasteiger partial charge in [-0.25, -0.2) is 4.39 Å². The smallest absolute Gasteiger partial charge is 0.265 e. The average Bonchev–Trinajstić information content (AvgIpc) is 2.56. The van der Waals surface area contributed by atoms with Crippen molar-refractivity contribution in [3.63, 3.8) is 0 Å². The van der Waals surface area contributed by atoms with Crippen molar-refractivity contribution in [3.8, 4) is 5.75 Å². The Morgan fingerprint density at radius 3 is 1.92 bits per heavy atom. The highest BCUT2D eigenvalue weighted by atomic mass is 19.1. The molecule has 0 radical (unpaired) electrons. The lowest BCUT2D eigenvalue weighted by Crippen LogP contribution is -2.31. The van der Waals surface area contributed by atoms with Crippen LogP contribution < -0.4 is 10.1 Å². The van der Waals surface area contributed by atoms with Crippen molar-refractivity contribution in [3.05, 3.63) is 59.4 Å². The molecule has 0 heterocycles. The summed E-state index contributed by atoms with van der Waals surface area (Å²) >= 11 is 0. The molecule has 0 spiro atoms. The molecule has 2 rings (SSSR count). The third-order valence-electron chi connectivity index (χ3n) is 4.12. The van der Waals surface area contributed by atoms with Crippen LogP contribution in [0.2, 0.25) is 0 Å². The first-order chi connectivity index (χ1) is 11.8. The summed E-state index contributed by atoms with van der Waals surface area (Å²) in [6.07, 6.45) is -0.689. The number of hydrogen-bond donors (Lipinski definition) is 1. The molecule has 2 aromatic carbocycles. The third kappa shape index (κ3) is 4.81. The van der Waals surface area contributed by atoms with E-state index in [4.69, 9.17) is 4.74 Å². The Balaban J connectivity index is 2.20. The lowest BCUT2D eigenvalue weighted by atomic mass is 9.92. The number of para-hydroxylation sites is 1. The molecule has 1 N–H and O–H groups in total. The summed E-state index contributed by atoms with van der Waals surface area (Å²) < 4.78 is 18.6. The Morgan fingerprint density at radius 1 is 0.920 bits per heavy atom. The molecule has 3 nitrogen and oxygen atoms in total. The number of hydrogen-bond acceptors (Lipinski definition) is 2. The molecule has 0 aliphatic heterocycles. The second-order valence-corrected chi connectivity index (χ2v) is 6.82. The Bertz CT molecular complexity index is 697. The Hall–Kier alpha value is -2.36. The second kappa shape index (κ2) is 8.15. The van der Waals surface area contributed by atoms with Gasteiger partial charge in [-0.3, -0.25) is 4.79 Å². The molecular formula is C21H26FNO2. The summed E-state index contributed by atoms with van der Waals surface area (Å²) in [6, 6.07) is 11.8. The molecule has 0 aromatic heterocycles. The highest BCUT2D eigenvalue weighted by Crippen LogP contribution is 2.32. The summed E-state index contributed by atoms with van der Waals surface area (Å²) in [4.78, 5) is 12.6. The molecule has 0 fully saturated rings. The maximum absolute atomic E-state index is 13.0. The van der Waals surface area contributed by atoms with Crippen LogP contribution in [-0.4, -0.2) is 12.0 Å². The fourth-order valence-electron chi connectivity index (χ4n) is 2.69. The molecule has 0 bridgehead atoms. The van der Waals surface area contributed by atoms with Gasteiger partial charge in [-0.1, -0.05) is 45.9 Å². The predicted molar refractivity (Wildman–Crippen MR) is 99.7 cm³/mol. The summed E-state index contributed by atoms with van der Waals surface area (Å²) in [5, 5.41) is 3.04. The maximum atomic E-state index is 13.0. The minimum atomic E-state index is -0.689. The van der Waals surface area contributed by atoms with Gasteiger partial charge in [0.05, 0.1) is 0 Å². The van der Waals surface area contributed by atoms with E-state index in [1.807, 2.05) is 18.2 Å². The highest BCUT2D eigenvalue weighted by molar-refractivity contribution is 5.95. The molecule has 4 heteroatoms. The molecule has 134 valence electrons. The van der Waals surface area contributed by atoms with E-state index in [1.54, 1.807) is 6.92 Å². The number of nitrogens with one attached hydrogen (secondary N) is 1. The first kappa shape index (κ1) is 19.0. The van der Waals surface area contributed by atoms with E-state index < -0.39 is 6.10 Å². The lowest BCUT2D eigenvalue weighted by molar-refractivity contribution is -0.122. The van der Waals surface area contributed by atoms with Crippen LogP contribution in [0.5, 0.6) is 5.75 Å². The van der Waals surface area contributed by atoms with Gasteiger partial charge in [-0.15, -0.1) is 0 Å². The topological polar surface area (TPSA) is 38.3 Å². The van der Waals surface area contributed by atoms with Crippen molar-refractivity contribution in [2.45, 2.75) is 52.6 Å². The maximum Gasteiger partial charge on any atom is 0.265 e. The molecule has 25 heavy (non-hydrogen) atoms. The van der Waals surface area contributed by atoms with Gasteiger partial charge in [-0.05, 0) is 54.2 Å². The lowest BCUT2D eigenvalue weighted by Gasteiger charge is -2.22. The van der Waals surface area contributed by atoms with Gasteiger partial charge >= 0.3 is 0 Å². The van der Waals surface area contributed by atoms with E-state index in [2.05, 4.69) is 33.0 Å². The van der Waals surface area contributed by atoms with Crippen molar-refractivity contribution in [2.75, 3.05) is 5.32 Å². The van der Waals surface area contributed by atoms with Crippen LogP contribution in [0, 0.1) is 5.82 Å². The fourth-order valence-corrected chi connectivity index (χ4v) is 2.69. The molecule has 2 aromatic rings. The van der Waals surface area contributed by atoms with Crippen LogP contribution in [0.3, 0.4) is 0 Å². The predicted octanol–water partition coefficient (Wildman–Crippen LogP) is 5.48. The van der Waals surface area contributed by atoms with E-state index in [9.17, 15) is 9.18 Å². The monoisotopic (exact) mass is 343 g/mol. The highest BCUT2D eigenvalue weighted by Gasteiger charge is 2.20. The summed E-state index contributed by atoms with van der Waals surface area (Å²) in [5.74, 6) is 0.492. The second-order valence-electron chi connectivity index (χ2n) is 6.82. The molecule has 0 aliphatic carbocycles. The summed E-state index contributed by atoms with van der Waals surface area (Å²) in [7, 11) is 0. The van der Waals surface area contributed by atoms with Gasteiger partial charge in [0.1, 0.15) is 11.6 Å². The zero-order valence-corrected chi connectivity index (χ0v) is 15.5. The SMILES string of the molecule is CC(Oc1ccc(F)cc1)C(=O)Nc1c(C(C)C)cccc1C(C)C. The summed E-state index contributed by atoms with van der Waals surface area (Å²) in [6.45, 7) is 10.1. The van der Waals surface area contributed by atoms with Crippen molar-refractivity contribution < 1.29 is 13.9 Å². The van der Waals surface area contributed by atoms with Gasteiger partial charge in [0.15, 0.2) is 6.10 Å². The summed E-state index contributed by atoms with van der Waals surface area (Å²) in [5.41, 5.74) is 3.08. The number of carbonyl (C=O) groups excluding carboxylic acids is 1. The molecule has 1 unspecified atom stereocenters. The number of carbonyl (C=O) groups is 1. The Kier molecular flexibility index (Phi) is 6.18. The van der Waals surface area contributed by atoms with Crippen LogP contribution in [0.4, 0.5) is 10.1 Å². The van der Waals surface area contributed by atoms with Crippen molar-refractivity contribution in [1.82, 2.24) is 0 Å². The number of halogens is 1. The van der Waals surface area contributed by atoms with Gasteiger partial charge in [0.25, 0.3) is 5.91 Å². The molecular weight excluding hydrogens is 317 g/mol.